The second-order valence-corrected chi connectivity index (χ2v) is 3.21. The lowest BCUT2D eigenvalue weighted by atomic mass is 10.00. The first-order chi connectivity index (χ1) is 9.28. The summed E-state index contributed by atoms with van der Waals surface area (Å²) >= 11 is 0. The Hall–Kier alpha value is -0.200. The normalized spacial score (nSPS) is 40.3. The average molecular weight is 224 g/mol. The maximum Gasteiger partial charge on any atom is 0.114 e. The Morgan fingerprint density at radius 3 is 2.67 bits per heavy atom. The molecule has 0 bridgehead atoms. The quantitative estimate of drug-likeness (QED) is 0.661. The molecule has 0 amide bonds. The van der Waals surface area contributed by atoms with Crippen molar-refractivity contribution < 1.29 is 29.2 Å². The van der Waals surface area contributed by atoms with Crippen molar-refractivity contribution in [2.45, 2.75) is 24.4 Å². The predicted octanol–water partition coefficient (Wildman–Crippen LogP) is 0.0766. The Morgan fingerprint density at radius 2 is 1.93 bits per heavy atom. The second-order valence-electron chi connectivity index (χ2n) is 3.21. The van der Waals surface area contributed by atoms with Crippen LogP contribution in [-0.2, 0) is 23.7 Å². The fraction of sp³-hybridized carbons (Fsp3) is 1.00. The lowest BCUT2D eigenvalue weighted by Crippen LogP contribution is -2.56. The van der Waals surface area contributed by atoms with Gasteiger partial charge in [0.1, 0.15) is 24.4 Å². The van der Waals surface area contributed by atoms with Gasteiger partial charge in [-0.3, -0.25) is 0 Å². The summed E-state index contributed by atoms with van der Waals surface area (Å²) in [7, 11) is -0.985. The third-order valence-corrected chi connectivity index (χ3v) is 2.41. The van der Waals surface area contributed by atoms with Gasteiger partial charge in [0.25, 0.3) is 0 Å². The van der Waals surface area contributed by atoms with Gasteiger partial charge in [0.05, 0.1) is 18.7 Å². The van der Waals surface area contributed by atoms with Gasteiger partial charge in [0, 0.05) is 28.3 Å². The maximum absolute atomic E-state index is 7.16. The SMILES string of the molecule is [2H]COC[C@H]1OC[C@H](OC[2H])[C@@H](OC[2H])[C@@H]1OC[2H]. The third-order valence-electron chi connectivity index (χ3n) is 2.41. The fourth-order valence-electron chi connectivity index (χ4n) is 1.64. The first-order valence-corrected chi connectivity index (χ1v) is 4.49. The molecule has 0 unspecified atom stereocenters. The molecule has 0 aromatic carbocycles. The van der Waals surface area contributed by atoms with E-state index in [-0.39, 0.29) is 41.6 Å². The number of rotatable bonds is 5. The fourth-order valence-corrected chi connectivity index (χ4v) is 1.64. The molecule has 1 fully saturated rings. The van der Waals surface area contributed by atoms with E-state index in [1.54, 1.807) is 0 Å². The lowest BCUT2D eigenvalue weighted by molar-refractivity contribution is -0.219. The van der Waals surface area contributed by atoms with E-state index < -0.39 is 24.4 Å². The summed E-state index contributed by atoms with van der Waals surface area (Å²) in [6.07, 6.45) is -2.18. The molecule has 1 aliphatic heterocycles. The van der Waals surface area contributed by atoms with E-state index in [4.69, 9.17) is 29.2 Å². The van der Waals surface area contributed by atoms with Crippen LogP contribution in [0.4, 0.5) is 0 Å². The summed E-state index contributed by atoms with van der Waals surface area (Å²) in [6.45, 7) is 0.354. The van der Waals surface area contributed by atoms with Gasteiger partial charge in [-0.25, -0.2) is 0 Å². The van der Waals surface area contributed by atoms with E-state index in [2.05, 4.69) is 0 Å². The van der Waals surface area contributed by atoms with Crippen LogP contribution in [0.2, 0.25) is 0 Å². The molecule has 0 aromatic rings. The van der Waals surface area contributed by atoms with Crippen molar-refractivity contribution in [3.8, 4) is 0 Å². The molecule has 0 aliphatic carbocycles. The van der Waals surface area contributed by atoms with Crippen molar-refractivity contribution in [2.75, 3.05) is 41.6 Å². The zero-order chi connectivity index (χ0) is 14.1. The average Bonchev–Trinajstić information content (AvgIpc) is 2.42. The van der Waals surface area contributed by atoms with E-state index in [0.29, 0.717) is 0 Å². The highest BCUT2D eigenvalue weighted by Crippen LogP contribution is 2.22. The van der Waals surface area contributed by atoms with Crippen LogP contribution in [0.3, 0.4) is 0 Å². The van der Waals surface area contributed by atoms with Crippen LogP contribution >= 0.6 is 0 Å². The summed E-state index contributed by atoms with van der Waals surface area (Å²) < 4.78 is 54.6. The van der Waals surface area contributed by atoms with Crippen molar-refractivity contribution in [1.29, 1.82) is 0 Å². The molecule has 5 nitrogen and oxygen atoms in total. The zero-order valence-electron chi connectivity index (χ0n) is 12.6. The van der Waals surface area contributed by atoms with E-state index in [0.717, 1.165) is 0 Å². The largest absolute Gasteiger partial charge is 0.382 e. The van der Waals surface area contributed by atoms with Crippen LogP contribution in [0.1, 0.15) is 5.48 Å². The van der Waals surface area contributed by atoms with Crippen LogP contribution in [0.25, 0.3) is 0 Å². The van der Waals surface area contributed by atoms with E-state index in [1.165, 1.54) is 0 Å². The first kappa shape index (κ1) is 7.97. The minimum absolute atomic E-state index is 0.152. The van der Waals surface area contributed by atoms with Gasteiger partial charge in [-0.15, -0.1) is 0 Å². The summed E-state index contributed by atoms with van der Waals surface area (Å²) in [5.41, 5.74) is 0. The Balaban J connectivity index is 2.70. The number of hydrogen-bond donors (Lipinski definition) is 0. The standard InChI is InChI=1S/C10H20O5/c1-11-5-8-10(14-4)9(13-3)7(12-2)6-15-8/h7-10H,5-6H2,1-4H3/t7-,8+,9+,10+/m0/s1/i1D,2D,3D,4D. The topological polar surface area (TPSA) is 46.2 Å². The van der Waals surface area contributed by atoms with Gasteiger partial charge in [-0.1, -0.05) is 0 Å². The van der Waals surface area contributed by atoms with Crippen molar-refractivity contribution in [2.24, 2.45) is 0 Å². The van der Waals surface area contributed by atoms with E-state index in [9.17, 15) is 0 Å². The minimum Gasteiger partial charge on any atom is -0.382 e. The number of hydrogen-bond acceptors (Lipinski definition) is 5. The Kier molecular flexibility index (Phi) is 3.40. The van der Waals surface area contributed by atoms with Crippen molar-refractivity contribution in [1.82, 2.24) is 0 Å². The van der Waals surface area contributed by atoms with Crippen molar-refractivity contribution in [3.05, 3.63) is 0 Å². The van der Waals surface area contributed by atoms with Gasteiger partial charge in [0.15, 0.2) is 0 Å². The van der Waals surface area contributed by atoms with Gasteiger partial charge in [0.2, 0.25) is 0 Å². The highest BCUT2D eigenvalue weighted by molar-refractivity contribution is 4.89. The molecular weight excluding hydrogens is 200 g/mol. The molecule has 4 atom stereocenters. The maximum atomic E-state index is 7.16. The van der Waals surface area contributed by atoms with Gasteiger partial charge in [-0.2, -0.15) is 0 Å². The van der Waals surface area contributed by atoms with Gasteiger partial charge < -0.3 is 23.7 Å². The molecule has 0 N–H and O–H groups in total. The molecular formula is C10H20O5. The predicted molar refractivity (Wildman–Crippen MR) is 54.0 cm³/mol. The first-order valence-electron chi connectivity index (χ1n) is 7.32. The lowest BCUT2D eigenvalue weighted by Gasteiger charge is -2.40. The van der Waals surface area contributed by atoms with Crippen LogP contribution in [0.5, 0.6) is 0 Å². The molecule has 0 saturated carbocycles. The number of methoxy groups -OCH3 is 4. The molecule has 1 aliphatic rings. The smallest absolute Gasteiger partial charge is 0.114 e. The Labute approximate surface area is 96.2 Å². The van der Waals surface area contributed by atoms with Gasteiger partial charge in [-0.05, 0) is 0 Å². The molecule has 15 heavy (non-hydrogen) atoms. The molecule has 5 heteroatoms. The Bertz CT molecular complexity index is 236. The summed E-state index contributed by atoms with van der Waals surface area (Å²) in [5.74, 6) is 0. The zero-order valence-corrected chi connectivity index (χ0v) is 8.59. The van der Waals surface area contributed by atoms with Crippen molar-refractivity contribution >= 4 is 0 Å². The highest BCUT2D eigenvalue weighted by Gasteiger charge is 2.41. The summed E-state index contributed by atoms with van der Waals surface area (Å²) in [6, 6.07) is 0. The van der Waals surface area contributed by atoms with Crippen LogP contribution < -0.4 is 0 Å². The molecule has 1 heterocycles. The van der Waals surface area contributed by atoms with Crippen LogP contribution in [0, 0.1) is 0 Å². The van der Waals surface area contributed by atoms with Crippen LogP contribution in [0.15, 0.2) is 0 Å². The third kappa shape index (κ3) is 2.89. The summed E-state index contributed by atoms with van der Waals surface area (Å²) in [5, 5.41) is 0. The minimum atomic E-state index is -0.611. The van der Waals surface area contributed by atoms with E-state index in [1.807, 2.05) is 0 Å². The van der Waals surface area contributed by atoms with Crippen LogP contribution in [-0.4, -0.2) is 66.0 Å². The van der Waals surface area contributed by atoms with Gasteiger partial charge >= 0.3 is 0 Å². The summed E-state index contributed by atoms with van der Waals surface area (Å²) in [4.78, 5) is 0. The number of ether oxygens (including phenoxy) is 5. The molecule has 1 rings (SSSR count). The molecule has 90 valence electrons. The monoisotopic (exact) mass is 224 g/mol. The van der Waals surface area contributed by atoms with Crippen molar-refractivity contribution in [3.63, 3.8) is 0 Å². The molecule has 0 radical (unpaired) electrons. The molecule has 1 saturated heterocycles. The second kappa shape index (κ2) is 6.40. The molecule has 0 spiro atoms. The van der Waals surface area contributed by atoms with E-state index >= 15 is 0 Å². The Morgan fingerprint density at radius 1 is 1.13 bits per heavy atom. The highest BCUT2D eigenvalue weighted by atomic mass is 16.6. The molecule has 0 aromatic heterocycles.